The summed E-state index contributed by atoms with van der Waals surface area (Å²) in [6, 6.07) is 4.09. The SMILES string of the molecule is CNc1nc(CCc2ccncc2)c(C)[nH]1. The largest absolute Gasteiger partial charge is 0.359 e. The van der Waals surface area contributed by atoms with Crippen molar-refractivity contribution in [3.63, 3.8) is 0 Å². The van der Waals surface area contributed by atoms with Gasteiger partial charge in [-0.25, -0.2) is 4.98 Å². The number of hydrogen-bond donors (Lipinski definition) is 2. The fourth-order valence-corrected chi connectivity index (χ4v) is 1.67. The summed E-state index contributed by atoms with van der Waals surface area (Å²) in [4.78, 5) is 11.7. The van der Waals surface area contributed by atoms with E-state index in [4.69, 9.17) is 0 Å². The van der Waals surface area contributed by atoms with Crippen LogP contribution in [0.1, 0.15) is 17.0 Å². The van der Waals surface area contributed by atoms with Crippen LogP contribution in [0.3, 0.4) is 0 Å². The number of nitrogens with one attached hydrogen (secondary N) is 2. The molecule has 0 spiro atoms. The van der Waals surface area contributed by atoms with E-state index < -0.39 is 0 Å². The summed E-state index contributed by atoms with van der Waals surface area (Å²) in [6.45, 7) is 2.05. The van der Waals surface area contributed by atoms with Crippen LogP contribution < -0.4 is 5.32 Å². The average Bonchev–Trinajstić information content (AvgIpc) is 2.69. The highest BCUT2D eigenvalue weighted by Gasteiger charge is 2.05. The van der Waals surface area contributed by atoms with Crippen LogP contribution in [0.25, 0.3) is 0 Å². The van der Waals surface area contributed by atoms with Gasteiger partial charge in [0.1, 0.15) is 0 Å². The van der Waals surface area contributed by atoms with Crippen molar-refractivity contribution in [2.24, 2.45) is 0 Å². The molecule has 0 aliphatic carbocycles. The molecule has 0 aromatic carbocycles. The van der Waals surface area contributed by atoms with Crippen LogP contribution >= 0.6 is 0 Å². The second-order valence-corrected chi connectivity index (χ2v) is 3.76. The summed E-state index contributed by atoms with van der Waals surface area (Å²) >= 11 is 0. The average molecular weight is 216 g/mol. The Morgan fingerprint density at radius 1 is 1.25 bits per heavy atom. The first-order valence-electron chi connectivity index (χ1n) is 5.41. The van der Waals surface area contributed by atoms with Gasteiger partial charge < -0.3 is 10.3 Å². The fourth-order valence-electron chi connectivity index (χ4n) is 1.67. The van der Waals surface area contributed by atoms with Crippen LogP contribution in [-0.2, 0) is 12.8 Å². The van der Waals surface area contributed by atoms with Crippen molar-refractivity contribution in [2.45, 2.75) is 19.8 Å². The first-order chi connectivity index (χ1) is 7.79. The lowest BCUT2D eigenvalue weighted by atomic mass is 10.1. The molecule has 4 nitrogen and oxygen atoms in total. The van der Waals surface area contributed by atoms with Gasteiger partial charge >= 0.3 is 0 Å². The van der Waals surface area contributed by atoms with Crippen molar-refractivity contribution < 1.29 is 0 Å². The minimum absolute atomic E-state index is 0.835. The molecule has 0 unspecified atom stereocenters. The smallest absolute Gasteiger partial charge is 0.200 e. The minimum Gasteiger partial charge on any atom is -0.359 e. The number of rotatable bonds is 4. The van der Waals surface area contributed by atoms with Gasteiger partial charge in [0.2, 0.25) is 0 Å². The topological polar surface area (TPSA) is 53.6 Å². The molecule has 0 radical (unpaired) electrons. The van der Waals surface area contributed by atoms with Crippen molar-refractivity contribution in [3.8, 4) is 0 Å². The van der Waals surface area contributed by atoms with Crippen molar-refractivity contribution in [2.75, 3.05) is 12.4 Å². The second kappa shape index (κ2) is 4.79. The number of aryl methyl sites for hydroxylation is 3. The van der Waals surface area contributed by atoms with Crippen molar-refractivity contribution in [1.82, 2.24) is 15.0 Å². The number of H-pyrrole nitrogens is 1. The molecule has 0 atom stereocenters. The Balaban J connectivity index is 2.02. The van der Waals surface area contributed by atoms with Crippen LogP contribution in [0.4, 0.5) is 5.95 Å². The number of aromatic nitrogens is 3. The van der Waals surface area contributed by atoms with Gasteiger partial charge in [-0.1, -0.05) is 0 Å². The Hall–Kier alpha value is -1.84. The number of nitrogens with zero attached hydrogens (tertiary/aromatic N) is 2. The summed E-state index contributed by atoms with van der Waals surface area (Å²) in [5.74, 6) is 0.835. The van der Waals surface area contributed by atoms with Gasteiger partial charge in [-0.05, 0) is 37.5 Å². The molecule has 0 aliphatic heterocycles. The van der Waals surface area contributed by atoms with Crippen molar-refractivity contribution in [1.29, 1.82) is 0 Å². The lowest BCUT2D eigenvalue weighted by Gasteiger charge is -1.99. The molecule has 84 valence electrons. The lowest BCUT2D eigenvalue weighted by Crippen LogP contribution is -1.94. The number of aromatic amines is 1. The molecule has 2 N–H and O–H groups in total. The highest BCUT2D eigenvalue weighted by Crippen LogP contribution is 2.11. The maximum absolute atomic E-state index is 4.46. The number of anilines is 1. The lowest BCUT2D eigenvalue weighted by molar-refractivity contribution is 0.911. The third-order valence-electron chi connectivity index (χ3n) is 2.62. The second-order valence-electron chi connectivity index (χ2n) is 3.76. The zero-order valence-electron chi connectivity index (χ0n) is 9.62. The monoisotopic (exact) mass is 216 g/mol. The first-order valence-corrected chi connectivity index (χ1v) is 5.41. The van der Waals surface area contributed by atoms with E-state index in [1.54, 1.807) is 0 Å². The molecule has 0 aliphatic rings. The predicted octanol–water partition coefficient (Wildman–Crippen LogP) is 1.94. The number of pyridine rings is 1. The summed E-state index contributed by atoms with van der Waals surface area (Å²) in [5, 5.41) is 3.01. The molecule has 2 heterocycles. The van der Waals surface area contributed by atoms with E-state index in [0.717, 1.165) is 30.2 Å². The Morgan fingerprint density at radius 3 is 2.62 bits per heavy atom. The Bertz CT molecular complexity index is 447. The maximum Gasteiger partial charge on any atom is 0.200 e. The van der Waals surface area contributed by atoms with E-state index in [9.17, 15) is 0 Å². The summed E-state index contributed by atoms with van der Waals surface area (Å²) in [7, 11) is 1.87. The third kappa shape index (κ3) is 2.39. The molecule has 4 heteroatoms. The van der Waals surface area contributed by atoms with Gasteiger partial charge in [-0.2, -0.15) is 0 Å². The van der Waals surface area contributed by atoms with Gasteiger partial charge in [0.25, 0.3) is 0 Å². The molecule has 0 bridgehead atoms. The van der Waals surface area contributed by atoms with Crippen molar-refractivity contribution in [3.05, 3.63) is 41.5 Å². The van der Waals surface area contributed by atoms with Crippen LogP contribution in [0.2, 0.25) is 0 Å². The quantitative estimate of drug-likeness (QED) is 0.821. The first kappa shape index (κ1) is 10.7. The zero-order valence-corrected chi connectivity index (χ0v) is 9.62. The Kier molecular flexibility index (Phi) is 3.19. The molecule has 0 saturated carbocycles. The summed E-state index contributed by atoms with van der Waals surface area (Å²) in [6.07, 6.45) is 5.60. The van der Waals surface area contributed by atoms with Crippen LogP contribution in [0, 0.1) is 6.92 Å². The molecule has 0 amide bonds. The maximum atomic E-state index is 4.46. The van der Waals surface area contributed by atoms with Gasteiger partial charge in [0, 0.05) is 25.1 Å². The van der Waals surface area contributed by atoms with Crippen LogP contribution in [-0.4, -0.2) is 22.0 Å². The van der Waals surface area contributed by atoms with E-state index >= 15 is 0 Å². The van der Waals surface area contributed by atoms with Crippen molar-refractivity contribution >= 4 is 5.95 Å². The molecular weight excluding hydrogens is 200 g/mol. The summed E-state index contributed by atoms with van der Waals surface area (Å²) < 4.78 is 0. The standard InChI is InChI=1S/C12H16N4/c1-9-11(16-12(13-2)15-9)4-3-10-5-7-14-8-6-10/h5-8H,3-4H2,1-2H3,(H2,13,15,16). The predicted molar refractivity (Wildman–Crippen MR) is 64.5 cm³/mol. The van der Waals surface area contributed by atoms with Gasteiger partial charge in [0.05, 0.1) is 5.69 Å². The highest BCUT2D eigenvalue weighted by atomic mass is 15.1. The van der Waals surface area contributed by atoms with E-state index in [1.165, 1.54) is 5.56 Å². The van der Waals surface area contributed by atoms with E-state index in [1.807, 2.05) is 31.6 Å². The van der Waals surface area contributed by atoms with E-state index in [-0.39, 0.29) is 0 Å². The number of hydrogen-bond acceptors (Lipinski definition) is 3. The molecule has 2 rings (SSSR count). The van der Waals surface area contributed by atoms with Crippen LogP contribution in [0.5, 0.6) is 0 Å². The third-order valence-corrected chi connectivity index (χ3v) is 2.62. The van der Waals surface area contributed by atoms with Gasteiger partial charge in [-0.3, -0.25) is 4.98 Å². The van der Waals surface area contributed by atoms with Gasteiger partial charge in [0.15, 0.2) is 5.95 Å². The zero-order chi connectivity index (χ0) is 11.4. The highest BCUT2D eigenvalue weighted by molar-refractivity contribution is 5.30. The van der Waals surface area contributed by atoms with Crippen LogP contribution in [0.15, 0.2) is 24.5 Å². The molecule has 16 heavy (non-hydrogen) atoms. The minimum atomic E-state index is 0.835. The fraction of sp³-hybridized carbons (Fsp3) is 0.333. The Morgan fingerprint density at radius 2 is 2.00 bits per heavy atom. The molecule has 0 saturated heterocycles. The van der Waals surface area contributed by atoms with E-state index in [2.05, 4.69) is 27.2 Å². The number of imidazole rings is 1. The molecule has 0 fully saturated rings. The van der Waals surface area contributed by atoms with Gasteiger partial charge in [-0.15, -0.1) is 0 Å². The normalized spacial score (nSPS) is 10.4. The van der Waals surface area contributed by atoms with E-state index in [0.29, 0.717) is 0 Å². The molecule has 2 aromatic rings. The Labute approximate surface area is 95.1 Å². The summed E-state index contributed by atoms with van der Waals surface area (Å²) in [5.41, 5.74) is 3.56. The molecule has 2 aromatic heterocycles. The molecular formula is C12H16N4.